The summed E-state index contributed by atoms with van der Waals surface area (Å²) < 4.78 is 3.68. The lowest BCUT2D eigenvalue weighted by Crippen LogP contribution is -1.94. The fourth-order valence-corrected chi connectivity index (χ4v) is 2.91. The molecule has 100 valence electrons. The molecule has 0 aliphatic carbocycles. The van der Waals surface area contributed by atoms with Crippen LogP contribution in [0.1, 0.15) is 5.56 Å². The third-order valence-electron chi connectivity index (χ3n) is 2.61. The Morgan fingerprint density at radius 2 is 1.85 bits per heavy atom. The Kier molecular flexibility index (Phi) is 4.99. The number of thioether (sulfide) groups is 1. The summed E-state index contributed by atoms with van der Waals surface area (Å²) >= 11 is 2.97. The first-order chi connectivity index (χ1) is 9.76. The molecule has 0 unspecified atom stereocenters. The van der Waals surface area contributed by atoms with E-state index in [0.717, 1.165) is 20.5 Å². The third kappa shape index (κ3) is 3.29. The van der Waals surface area contributed by atoms with Crippen LogP contribution in [0.25, 0.3) is 10.1 Å². The van der Waals surface area contributed by atoms with Gasteiger partial charge in [-0.3, -0.25) is 9.17 Å². The molecule has 1 aromatic heterocycles. The van der Waals surface area contributed by atoms with Crippen molar-refractivity contribution in [2.45, 2.75) is 4.90 Å². The number of aromatic nitrogens is 1. The Hall–Kier alpha value is -2.03. The summed E-state index contributed by atoms with van der Waals surface area (Å²) in [6, 6.07) is 17.2. The van der Waals surface area contributed by atoms with Crippen molar-refractivity contribution < 1.29 is 0 Å². The molecule has 3 rings (SSSR count). The molecule has 0 atom stereocenters. The quantitative estimate of drug-likeness (QED) is 0.694. The number of rotatable bonds is 1. The summed E-state index contributed by atoms with van der Waals surface area (Å²) in [6.45, 7) is 0. The van der Waals surface area contributed by atoms with Crippen LogP contribution in [0, 0.1) is 11.3 Å². The molecule has 0 radical (unpaired) electrons. The molecule has 2 aromatic carbocycles. The number of aromatic amines is 1. The van der Waals surface area contributed by atoms with Crippen LogP contribution in [0.15, 0.2) is 58.2 Å². The Labute approximate surface area is 125 Å². The van der Waals surface area contributed by atoms with Crippen LogP contribution in [0.3, 0.4) is 0 Å². The highest BCUT2D eigenvalue weighted by atomic mass is 32.2. The molecule has 0 bridgehead atoms. The van der Waals surface area contributed by atoms with Gasteiger partial charge in [0.05, 0.1) is 15.6 Å². The molecular weight excluding hydrogens is 288 g/mol. The summed E-state index contributed by atoms with van der Waals surface area (Å²) in [5, 5.41) is 9.37. The molecule has 5 heteroatoms. The molecule has 0 aliphatic heterocycles. The van der Waals surface area contributed by atoms with Gasteiger partial charge in [0, 0.05) is 4.90 Å². The number of nitrogens with one attached hydrogen (secondary N) is 1. The van der Waals surface area contributed by atoms with Gasteiger partial charge >= 0.3 is 0 Å². The number of hydrogen-bond acceptors (Lipinski definition) is 4. The van der Waals surface area contributed by atoms with Crippen LogP contribution < -0.4 is 5.56 Å². The van der Waals surface area contributed by atoms with Crippen molar-refractivity contribution in [1.29, 1.82) is 5.26 Å². The van der Waals surface area contributed by atoms with Crippen LogP contribution in [-0.2, 0) is 0 Å². The van der Waals surface area contributed by atoms with Crippen LogP contribution in [0.5, 0.6) is 0 Å². The van der Waals surface area contributed by atoms with E-state index in [0.29, 0.717) is 0 Å². The van der Waals surface area contributed by atoms with E-state index >= 15 is 0 Å². The minimum atomic E-state index is 0.0144. The SMILES string of the molecule is CSc1ccccc1C#N.O=c1[nH]sc2ccccc12. The summed E-state index contributed by atoms with van der Waals surface area (Å²) in [6.07, 6.45) is 1.97. The largest absolute Gasteiger partial charge is 0.277 e. The van der Waals surface area contributed by atoms with Gasteiger partial charge < -0.3 is 0 Å². The summed E-state index contributed by atoms with van der Waals surface area (Å²) in [7, 11) is 0. The molecule has 0 amide bonds. The zero-order valence-corrected chi connectivity index (χ0v) is 12.4. The maximum atomic E-state index is 10.9. The van der Waals surface area contributed by atoms with E-state index in [1.54, 1.807) is 11.8 Å². The van der Waals surface area contributed by atoms with Crippen LogP contribution in [-0.4, -0.2) is 10.6 Å². The van der Waals surface area contributed by atoms with E-state index in [-0.39, 0.29) is 5.56 Å². The van der Waals surface area contributed by atoms with Gasteiger partial charge in [-0.15, -0.1) is 11.8 Å². The maximum absolute atomic E-state index is 10.9. The molecule has 1 heterocycles. The van der Waals surface area contributed by atoms with Gasteiger partial charge in [-0.05, 0) is 30.5 Å². The molecule has 0 saturated carbocycles. The monoisotopic (exact) mass is 300 g/mol. The Balaban J connectivity index is 0.000000147. The molecule has 0 aliphatic rings. The highest BCUT2D eigenvalue weighted by Gasteiger charge is 1.96. The molecule has 0 spiro atoms. The van der Waals surface area contributed by atoms with Crippen LogP contribution >= 0.6 is 23.3 Å². The highest BCUT2D eigenvalue weighted by Crippen LogP contribution is 2.18. The molecule has 20 heavy (non-hydrogen) atoms. The van der Waals surface area contributed by atoms with Crippen molar-refractivity contribution >= 4 is 33.4 Å². The van der Waals surface area contributed by atoms with E-state index in [9.17, 15) is 4.79 Å². The molecule has 0 saturated heterocycles. The molecule has 3 aromatic rings. The van der Waals surface area contributed by atoms with E-state index in [2.05, 4.69) is 10.4 Å². The predicted molar refractivity (Wildman–Crippen MR) is 85.4 cm³/mol. The van der Waals surface area contributed by atoms with E-state index in [4.69, 9.17) is 5.26 Å². The number of fused-ring (bicyclic) bond motifs is 1. The Morgan fingerprint density at radius 1 is 1.15 bits per heavy atom. The van der Waals surface area contributed by atoms with Gasteiger partial charge in [-0.25, -0.2) is 0 Å². The number of nitriles is 1. The van der Waals surface area contributed by atoms with E-state index in [1.807, 2.05) is 54.8 Å². The van der Waals surface area contributed by atoms with Crippen molar-refractivity contribution in [2.24, 2.45) is 0 Å². The number of H-pyrrole nitrogens is 1. The van der Waals surface area contributed by atoms with Crippen molar-refractivity contribution in [3.05, 3.63) is 64.4 Å². The van der Waals surface area contributed by atoms with Gasteiger partial charge in [0.25, 0.3) is 5.56 Å². The second-order valence-electron chi connectivity index (χ2n) is 3.84. The summed E-state index contributed by atoms with van der Waals surface area (Å²) in [5.74, 6) is 0. The minimum absolute atomic E-state index is 0.0144. The van der Waals surface area contributed by atoms with Crippen molar-refractivity contribution in [2.75, 3.05) is 6.26 Å². The minimum Gasteiger partial charge on any atom is -0.277 e. The average Bonchev–Trinajstić information content (AvgIpc) is 2.90. The predicted octanol–water partition coefficient (Wildman–Crippen LogP) is 3.87. The molecule has 1 N–H and O–H groups in total. The summed E-state index contributed by atoms with van der Waals surface area (Å²) in [4.78, 5) is 12.0. The third-order valence-corrected chi connectivity index (χ3v) is 4.27. The van der Waals surface area contributed by atoms with Gasteiger partial charge in [0.15, 0.2) is 0 Å². The highest BCUT2D eigenvalue weighted by molar-refractivity contribution is 7.98. The van der Waals surface area contributed by atoms with E-state index < -0.39 is 0 Å². The molecule has 0 fully saturated rings. The fraction of sp³-hybridized carbons (Fsp3) is 0.0667. The van der Waals surface area contributed by atoms with Crippen LogP contribution in [0.4, 0.5) is 0 Å². The first-order valence-electron chi connectivity index (χ1n) is 5.85. The zero-order valence-electron chi connectivity index (χ0n) is 10.8. The van der Waals surface area contributed by atoms with Gasteiger partial charge in [0.2, 0.25) is 0 Å². The first-order valence-corrected chi connectivity index (χ1v) is 7.89. The van der Waals surface area contributed by atoms with Gasteiger partial charge in [-0.1, -0.05) is 35.8 Å². The number of benzene rings is 2. The second kappa shape index (κ2) is 6.94. The van der Waals surface area contributed by atoms with Crippen LogP contribution in [0.2, 0.25) is 0 Å². The summed E-state index contributed by atoms with van der Waals surface area (Å²) in [5.41, 5.74) is 0.774. The lowest BCUT2D eigenvalue weighted by molar-refractivity contribution is 1.37. The Bertz CT molecular complexity index is 799. The van der Waals surface area contributed by atoms with Crippen molar-refractivity contribution in [3.63, 3.8) is 0 Å². The van der Waals surface area contributed by atoms with Crippen molar-refractivity contribution in [3.8, 4) is 6.07 Å². The zero-order chi connectivity index (χ0) is 14.4. The lowest BCUT2D eigenvalue weighted by Gasteiger charge is -1.95. The second-order valence-corrected chi connectivity index (χ2v) is 5.54. The van der Waals surface area contributed by atoms with E-state index in [1.165, 1.54) is 11.5 Å². The normalized spacial score (nSPS) is 9.60. The fourth-order valence-electron chi connectivity index (χ4n) is 1.64. The number of nitrogens with zero attached hydrogens (tertiary/aromatic N) is 1. The molecular formula is C15H12N2OS2. The van der Waals surface area contributed by atoms with Crippen molar-refractivity contribution in [1.82, 2.24) is 4.37 Å². The maximum Gasteiger partial charge on any atom is 0.265 e. The van der Waals surface area contributed by atoms with Gasteiger partial charge in [0.1, 0.15) is 6.07 Å². The average molecular weight is 300 g/mol. The topological polar surface area (TPSA) is 56.6 Å². The smallest absolute Gasteiger partial charge is 0.265 e. The number of hydrogen-bond donors (Lipinski definition) is 1. The first kappa shape index (κ1) is 14.4. The Morgan fingerprint density at radius 3 is 2.50 bits per heavy atom. The lowest BCUT2D eigenvalue weighted by atomic mass is 10.2. The van der Waals surface area contributed by atoms with Gasteiger partial charge in [-0.2, -0.15) is 5.26 Å². The standard InChI is InChI=1S/C8H7NS.C7H5NOS/c1-10-8-5-3-2-4-7(8)6-9;9-7-5-3-1-2-4-6(5)10-8-7/h2-5H,1H3;1-4H,(H,8,9). The molecule has 3 nitrogen and oxygen atoms in total.